The summed E-state index contributed by atoms with van der Waals surface area (Å²) in [6, 6.07) is 9.43. The number of aromatic nitrogens is 3. The summed E-state index contributed by atoms with van der Waals surface area (Å²) in [7, 11) is 0. The highest BCUT2D eigenvalue weighted by atomic mass is 79.9. The van der Waals surface area contributed by atoms with Crippen molar-refractivity contribution in [3.63, 3.8) is 0 Å². The van der Waals surface area contributed by atoms with E-state index in [1.165, 1.54) is 168 Å². The average molecular weight is 834 g/mol. The second kappa shape index (κ2) is 22.8. The SMILES string of the molecule is CCCCCCCCC(CCCCCC)Cn1nc2c(-c3sc(Br)cc3CCCCCC)ccc(-c3sc(Br)cc3CCCCCC)c2n1. The molecule has 0 N–H and O–H groups in total. The van der Waals surface area contributed by atoms with Crippen LogP contribution in [0.1, 0.15) is 167 Å². The largest absolute Gasteiger partial charge is 0.183 e. The van der Waals surface area contributed by atoms with Gasteiger partial charge in [-0.05, 0) is 99.6 Å². The van der Waals surface area contributed by atoms with Crippen LogP contribution < -0.4 is 0 Å². The third-order valence-electron chi connectivity index (χ3n) is 10.1. The van der Waals surface area contributed by atoms with Gasteiger partial charge in [-0.15, -0.1) is 22.7 Å². The summed E-state index contributed by atoms with van der Waals surface area (Å²) in [6.45, 7) is 10.1. The van der Waals surface area contributed by atoms with Crippen LogP contribution in [0.2, 0.25) is 0 Å². The van der Waals surface area contributed by atoms with Gasteiger partial charge in [0.05, 0.1) is 14.1 Å². The lowest BCUT2D eigenvalue weighted by Crippen LogP contribution is -2.14. The van der Waals surface area contributed by atoms with Crippen LogP contribution in [-0.2, 0) is 19.4 Å². The minimum atomic E-state index is 0.631. The fourth-order valence-corrected chi connectivity index (χ4v) is 10.7. The molecule has 0 fully saturated rings. The zero-order valence-electron chi connectivity index (χ0n) is 31.1. The molecule has 0 bridgehead atoms. The monoisotopic (exact) mass is 831 g/mol. The summed E-state index contributed by atoms with van der Waals surface area (Å²) >= 11 is 11.4. The Morgan fingerprint density at radius 2 is 0.939 bits per heavy atom. The maximum Gasteiger partial charge on any atom is 0.122 e. The van der Waals surface area contributed by atoms with Crippen LogP contribution in [0.15, 0.2) is 31.8 Å². The van der Waals surface area contributed by atoms with Crippen molar-refractivity contribution in [2.24, 2.45) is 5.92 Å². The third-order valence-corrected chi connectivity index (χ3v) is 13.5. The first kappa shape index (κ1) is 40.7. The van der Waals surface area contributed by atoms with Gasteiger partial charge in [0.25, 0.3) is 0 Å². The molecule has 0 saturated carbocycles. The van der Waals surface area contributed by atoms with Crippen molar-refractivity contribution in [3.8, 4) is 20.9 Å². The first-order valence-corrected chi connectivity index (χ1v) is 23.2. The molecule has 3 heterocycles. The summed E-state index contributed by atoms with van der Waals surface area (Å²) in [5, 5.41) is 10.8. The van der Waals surface area contributed by atoms with Gasteiger partial charge in [0.15, 0.2) is 0 Å². The molecule has 3 aromatic heterocycles. The molecule has 4 aromatic rings. The second-order valence-electron chi connectivity index (χ2n) is 14.3. The second-order valence-corrected chi connectivity index (χ2v) is 19.2. The fraction of sp³-hybridized carbons (Fsp3) is 0.667. The molecule has 1 unspecified atom stereocenters. The molecule has 0 amide bonds. The standard InChI is InChI=1S/C42H63Br2N3S2/c1-5-9-13-17-18-20-24-32(23-19-14-10-6-2)31-47-45-39-35(41-33(29-37(43)48-41)25-21-15-11-7-3)27-28-36(40(39)46-47)42-34(30-38(44)49-42)26-22-16-12-8-4/h27-30,32H,5-26,31H2,1-4H3. The molecule has 3 nitrogen and oxygen atoms in total. The summed E-state index contributed by atoms with van der Waals surface area (Å²) in [5.41, 5.74) is 7.55. The Morgan fingerprint density at radius 3 is 1.39 bits per heavy atom. The first-order valence-electron chi connectivity index (χ1n) is 19.9. The van der Waals surface area contributed by atoms with Gasteiger partial charge in [-0.25, -0.2) is 0 Å². The van der Waals surface area contributed by atoms with Gasteiger partial charge in [-0.1, -0.05) is 143 Å². The van der Waals surface area contributed by atoms with E-state index in [1.54, 1.807) is 0 Å². The number of fused-ring (bicyclic) bond motifs is 1. The zero-order chi connectivity index (χ0) is 34.8. The van der Waals surface area contributed by atoms with Crippen molar-refractivity contribution < 1.29 is 0 Å². The molecular weight excluding hydrogens is 770 g/mol. The Hall–Kier alpha value is -1.02. The van der Waals surface area contributed by atoms with Gasteiger partial charge in [0.2, 0.25) is 0 Å². The van der Waals surface area contributed by atoms with E-state index >= 15 is 0 Å². The maximum absolute atomic E-state index is 5.40. The lowest BCUT2D eigenvalue weighted by molar-refractivity contribution is 0.327. The Balaban J connectivity index is 1.70. The summed E-state index contributed by atoms with van der Waals surface area (Å²) < 4.78 is 2.42. The van der Waals surface area contributed by atoms with E-state index in [-0.39, 0.29) is 0 Å². The number of rotatable bonds is 26. The molecule has 0 aliphatic heterocycles. The molecule has 0 aliphatic carbocycles. The van der Waals surface area contributed by atoms with Crippen molar-refractivity contribution >= 4 is 65.6 Å². The predicted octanol–water partition coefficient (Wildman–Crippen LogP) is 16.0. The smallest absolute Gasteiger partial charge is 0.122 e. The van der Waals surface area contributed by atoms with Crippen molar-refractivity contribution in [2.45, 2.75) is 175 Å². The lowest BCUT2D eigenvalue weighted by atomic mass is 9.94. The minimum absolute atomic E-state index is 0.631. The first-order chi connectivity index (χ1) is 24.0. The van der Waals surface area contributed by atoms with Gasteiger partial charge < -0.3 is 0 Å². The maximum atomic E-state index is 5.40. The average Bonchev–Trinajstić information content (AvgIpc) is 3.80. The van der Waals surface area contributed by atoms with Gasteiger partial charge in [-0.3, -0.25) is 0 Å². The normalized spacial score (nSPS) is 12.4. The number of thiophene rings is 2. The van der Waals surface area contributed by atoms with Crippen LogP contribution in [0.4, 0.5) is 0 Å². The van der Waals surface area contributed by atoms with Crippen molar-refractivity contribution in [1.29, 1.82) is 0 Å². The molecule has 0 saturated heterocycles. The van der Waals surface area contributed by atoms with E-state index in [2.05, 4.69) is 88.6 Å². The molecule has 4 rings (SSSR count). The quantitative estimate of drug-likeness (QED) is 0.0590. The molecule has 0 aliphatic rings. The van der Waals surface area contributed by atoms with Crippen molar-refractivity contribution in [3.05, 3.63) is 43.0 Å². The molecule has 7 heteroatoms. The molecular formula is C42H63Br2N3S2. The van der Waals surface area contributed by atoms with Gasteiger partial charge in [0, 0.05) is 20.9 Å². The van der Waals surface area contributed by atoms with Crippen LogP contribution >= 0.6 is 54.5 Å². The fourth-order valence-electron chi connectivity index (χ4n) is 7.22. The Morgan fingerprint density at radius 1 is 0.551 bits per heavy atom. The summed E-state index contributed by atoms with van der Waals surface area (Å²) in [5.74, 6) is 0.631. The number of unbranched alkanes of at least 4 members (excludes halogenated alkanes) is 14. The summed E-state index contributed by atoms with van der Waals surface area (Å²) in [4.78, 5) is 4.83. The van der Waals surface area contributed by atoms with Crippen molar-refractivity contribution in [2.75, 3.05) is 0 Å². The number of nitrogens with zero attached hydrogens (tertiary/aromatic N) is 3. The van der Waals surface area contributed by atoms with Gasteiger partial charge in [0.1, 0.15) is 11.0 Å². The van der Waals surface area contributed by atoms with Crippen LogP contribution in [0.25, 0.3) is 31.9 Å². The van der Waals surface area contributed by atoms with Crippen LogP contribution in [0, 0.1) is 5.92 Å². The zero-order valence-corrected chi connectivity index (χ0v) is 35.9. The Kier molecular flexibility index (Phi) is 19.0. The minimum Gasteiger partial charge on any atom is -0.183 e. The van der Waals surface area contributed by atoms with E-state index in [1.807, 2.05) is 22.7 Å². The third kappa shape index (κ3) is 12.9. The number of hydrogen-bond donors (Lipinski definition) is 0. The number of halogens is 2. The van der Waals surface area contributed by atoms with E-state index in [9.17, 15) is 0 Å². The van der Waals surface area contributed by atoms with E-state index in [0.717, 1.165) is 30.4 Å². The molecule has 49 heavy (non-hydrogen) atoms. The van der Waals surface area contributed by atoms with Crippen molar-refractivity contribution in [1.82, 2.24) is 15.0 Å². The highest BCUT2D eigenvalue weighted by Crippen LogP contribution is 2.44. The van der Waals surface area contributed by atoms with E-state index in [0.29, 0.717) is 5.92 Å². The Labute approximate surface area is 323 Å². The lowest BCUT2D eigenvalue weighted by Gasteiger charge is -2.16. The van der Waals surface area contributed by atoms with E-state index < -0.39 is 0 Å². The van der Waals surface area contributed by atoms with E-state index in [4.69, 9.17) is 10.2 Å². The van der Waals surface area contributed by atoms with Gasteiger partial charge >= 0.3 is 0 Å². The number of aryl methyl sites for hydroxylation is 2. The van der Waals surface area contributed by atoms with Crippen LogP contribution in [0.5, 0.6) is 0 Å². The molecule has 1 aromatic carbocycles. The molecule has 1 atom stereocenters. The molecule has 0 radical (unpaired) electrons. The molecule has 0 spiro atoms. The Bertz CT molecular complexity index is 1410. The molecule has 272 valence electrons. The topological polar surface area (TPSA) is 30.7 Å². The predicted molar refractivity (Wildman–Crippen MR) is 225 cm³/mol. The highest BCUT2D eigenvalue weighted by molar-refractivity contribution is 9.11. The van der Waals surface area contributed by atoms with Crippen LogP contribution in [0.3, 0.4) is 0 Å². The number of benzene rings is 1. The van der Waals surface area contributed by atoms with Crippen LogP contribution in [-0.4, -0.2) is 15.0 Å². The summed E-state index contributed by atoms with van der Waals surface area (Å²) in [6.07, 6.45) is 28.4. The van der Waals surface area contributed by atoms with Gasteiger partial charge in [-0.2, -0.15) is 15.0 Å². The highest BCUT2D eigenvalue weighted by Gasteiger charge is 2.22. The number of hydrogen-bond acceptors (Lipinski definition) is 4.